The monoisotopic (exact) mass is 290 g/mol. The Morgan fingerprint density at radius 3 is 2.71 bits per heavy atom. The minimum Gasteiger partial charge on any atom is -0.337 e. The molecule has 0 aliphatic carbocycles. The molecule has 2 aliphatic rings. The van der Waals surface area contributed by atoms with Gasteiger partial charge in [0.25, 0.3) is 5.91 Å². The van der Waals surface area contributed by atoms with Crippen molar-refractivity contribution in [3.05, 3.63) is 35.1 Å². The summed E-state index contributed by atoms with van der Waals surface area (Å²) in [7, 11) is 0. The zero-order chi connectivity index (χ0) is 14.8. The van der Waals surface area contributed by atoms with Crippen LogP contribution in [-0.4, -0.2) is 47.9 Å². The second kappa shape index (κ2) is 6.14. The smallest absolute Gasteiger partial charge is 0.254 e. The summed E-state index contributed by atoms with van der Waals surface area (Å²) in [4.78, 5) is 17.1. The van der Waals surface area contributed by atoms with Gasteiger partial charge in [-0.1, -0.05) is 6.07 Å². The van der Waals surface area contributed by atoms with Crippen molar-refractivity contribution >= 4 is 5.91 Å². The molecule has 3 rings (SSSR count). The maximum atomic E-state index is 13.4. The molecular formula is C17H23FN2O. The van der Waals surface area contributed by atoms with Crippen molar-refractivity contribution in [2.24, 2.45) is 0 Å². The lowest BCUT2D eigenvalue weighted by Gasteiger charge is -2.37. The number of hydrogen-bond acceptors (Lipinski definition) is 2. The molecule has 1 aromatic carbocycles. The number of hydrogen-bond donors (Lipinski definition) is 0. The molecule has 0 aromatic heterocycles. The highest BCUT2D eigenvalue weighted by atomic mass is 19.1. The molecule has 2 heterocycles. The maximum Gasteiger partial charge on any atom is 0.254 e. The van der Waals surface area contributed by atoms with Gasteiger partial charge < -0.3 is 4.90 Å². The van der Waals surface area contributed by atoms with Crippen molar-refractivity contribution in [3.8, 4) is 0 Å². The second-order valence-electron chi connectivity index (χ2n) is 6.25. The number of nitrogens with zero attached hydrogens (tertiary/aromatic N) is 2. The first-order valence-corrected chi connectivity index (χ1v) is 7.94. The molecule has 4 heteroatoms. The van der Waals surface area contributed by atoms with E-state index in [1.54, 1.807) is 6.07 Å². The predicted molar refractivity (Wildman–Crippen MR) is 80.9 cm³/mol. The molecule has 0 saturated carbocycles. The van der Waals surface area contributed by atoms with Gasteiger partial charge >= 0.3 is 0 Å². The summed E-state index contributed by atoms with van der Waals surface area (Å²) in [5.74, 6) is -0.354. The minimum atomic E-state index is -0.336. The van der Waals surface area contributed by atoms with Crippen LogP contribution >= 0.6 is 0 Å². The van der Waals surface area contributed by atoms with Gasteiger partial charge in [0.05, 0.1) is 0 Å². The van der Waals surface area contributed by atoms with Gasteiger partial charge in [0.1, 0.15) is 5.82 Å². The Labute approximate surface area is 125 Å². The van der Waals surface area contributed by atoms with Gasteiger partial charge in [0.2, 0.25) is 0 Å². The second-order valence-corrected chi connectivity index (χ2v) is 6.25. The number of rotatable bonds is 2. The van der Waals surface area contributed by atoms with Gasteiger partial charge in [-0.05, 0) is 63.4 Å². The number of likely N-dealkylation sites (tertiary alicyclic amines) is 2. The first kappa shape index (κ1) is 14.5. The van der Waals surface area contributed by atoms with E-state index < -0.39 is 0 Å². The van der Waals surface area contributed by atoms with Crippen molar-refractivity contribution < 1.29 is 9.18 Å². The fourth-order valence-corrected chi connectivity index (χ4v) is 3.54. The fourth-order valence-electron chi connectivity index (χ4n) is 3.54. The van der Waals surface area contributed by atoms with Crippen molar-refractivity contribution in [1.29, 1.82) is 0 Å². The Balaban J connectivity index is 1.73. The summed E-state index contributed by atoms with van der Waals surface area (Å²) in [6.07, 6.45) is 4.76. The molecule has 3 nitrogen and oxygen atoms in total. The lowest BCUT2D eigenvalue weighted by molar-refractivity contribution is 0.0606. The molecule has 2 aliphatic heterocycles. The predicted octanol–water partition coefficient (Wildman–Crippen LogP) is 2.83. The lowest BCUT2D eigenvalue weighted by atomic mass is 10.0. The van der Waals surface area contributed by atoms with Crippen molar-refractivity contribution in [1.82, 2.24) is 9.80 Å². The van der Waals surface area contributed by atoms with Gasteiger partial charge in [-0.3, -0.25) is 9.69 Å². The number of carbonyl (C=O) groups is 1. The minimum absolute atomic E-state index is 0.0177. The third-order valence-corrected chi connectivity index (χ3v) is 4.77. The van der Waals surface area contributed by atoms with E-state index in [1.165, 1.54) is 31.4 Å². The van der Waals surface area contributed by atoms with Crippen molar-refractivity contribution in [3.63, 3.8) is 0 Å². The standard InChI is InChI=1S/C17H23FN2O/c1-13-6-7-14(18)11-16(13)17(21)20-10-4-5-15(12-20)19-8-2-3-9-19/h6-7,11,15H,2-5,8-10,12H2,1H3. The Bertz CT molecular complexity index is 526. The molecule has 0 spiro atoms. The summed E-state index contributed by atoms with van der Waals surface area (Å²) in [5, 5.41) is 0. The number of piperidine rings is 1. The summed E-state index contributed by atoms with van der Waals surface area (Å²) in [6.45, 7) is 5.76. The summed E-state index contributed by atoms with van der Waals surface area (Å²) in [5.41, 5.74) is 1.36. The maximum absolute atomic E-state index is 13.4. The van der Waals surface area contributed by atoms with Gasteiger partial charge in [-0.2, -0.15) is 0 Å². The molecule has 2 fully saturated rings. The Morgan fingerprint density at radius 2 is 1.95 bits per heavy atom. The van der Waals surface area contributed by atoms with Crippen LogP contribution in [0.25, 0.3) is 0 Å². The van der Waals surface area contributed by atoms with Crippen LogP contribution in [0.2, 0.25) is 0 Å². The normalized spacial score (nSPS) is 23.5. The molecule has 0 radical (unpaired) electrons. The van der Waals surface area contributed by atoms with Crippen LogP contribution in [0.5, 0.6) is 0 Å². The van der Waals surface area contributed by atoms with Crippen LogP contribution in [0, 0.1) is 12.7 Å². The van der Waals surface area contributed by atoms with Crippen molar-refractivity contribution in [2.45, 2.75) is 38.6 Å². The van der Waals surface area contributed by atoms with Gasteiger partial charge in [0, 0.05) is 24.7 Å². The van der Waals surface area contributed by atoms with Crippen LogP contribution in [0.3, 0.4) is 0 Å². The number of carbonyl (C=O) groups excluding carboxylic acids is 1. The molecule has 21 heavy (non-hydrogen) atoms. The number of benzene rings is 1. The van der Waals surface area contributed by atoms with Gasteiger partial charge in [0.15, 0.2) is 0 Å². The van der Waals surface area contributed by atoms with Crippen LogP contribution in [0.1, 0.15) is 41.6 Å². The molecule has 1 unspecified atom stereocenters. The van der Waals surface area contributed by atoms with E-state index in [2.05, 4.69) is 4.90 Å². The van der Waals surface area contributed by atoms with E-state index >= 15 is 0 Å². The lowest BCUT2D eigenvalue weighted by Crippen LogP contribution is -2.49. The van der Waals surface area contributed by atoms with Crippen LogP contribution in [0.15, 0.2) is 18.2 Å². The van der Waals surface area contributed by atoms with E-state index in [0.29, 0.717) is 11.6 Å². The molecule has 1 atom stereocenters. The molecular weight excluding hydrogens is 267 g/mol. The topological polar surface area (TPSA) is 23.6 Å². The van der Waals surface area contributed by atoms with Crippen LogP contribution < -0.4 is 0 Å². The first-order valence-electron chi connectivity index (χ1n) is 7.94. The van der Waals surface area contributed by atoms with Crippen LogP contribution in [-0.2, 0) is 0 Å². The van der Waals surface area contributed by atoms with E-state index in [9.17, 15) is 9.18 Å². The highest BCUT2D eigenvalue weighted by Crippen LogP contribution is 2.22. The van der Waals surface area contributed by atoms with Gasteiger partial charge in [-0.15, -0.1) is 0 Å². The SMILES string of the molecule is Cc1ccc(F)cc1C(=O)N1CCCC(N2CCCC2)C1. The highest BCUT2D eigenvalue weighted by molar-refractivity contribution is 5.95. The zero-order valence-corrected chi connectivity index (χ0v) is 12.6. The van der Waals surface area contributed by atoms with E-state index in [0.717, 1.165) is 38.2 Å². The number of amides is 1. The highest BCUT2D eigenvalue weighted by Gasteiger charge is 2.30. The quantitative estimate of drug-likeness (QED) is 0.836. The number of halogens is 1. The summed E-state index contributed by atoms with van der Waals surface area (Å²) >= 11 is 0. The van der Waals surface area contributed by atoms with Crippen molar-refractivity contribution in [2.75, 3.05) is 26.2 Å². The Kier molecular flexibility index (Phi) is 4.24. The third kappa shape index (κ3) is 3.10. The van der Waals surface area contributed by atoms with Crippen LogP contribution in [0.4, 0.5) is 4.39 Å². The molecule has 1 aromatic rings. The molecule has 0 bridgehead atoms. The third-order valence-electron chi connectivity index (χ3n) is 4.77. The number of aryl methyl sites for hydroxylation is 1. The molecule has 1 amide bonds. The van der Waals surface area contributed by atoms with E-state index in [-0.39, 0.29) is 11.7 Å². The Hall–Kier alpha value is -1.42. The summed E-state index contributed by atoms with van der Waals surface area (Å²) in [6, 6.07) is 4.95. The molecule has 0 N–H and O–H groups in total. The summed E-state index contributed by atoms with van der Waals surface area (Å²) < 4.78 is 13.4. The fraction of sp³-hybridized carbons (Fsp3) is 0.588. The zero-order valence-electron chi connectivity index (χ0n) is 12.6. The molecule has 2 saturated heterocycles. The molecule has 114 valence electrons. The largest absolute Gasteiger partial charge is 0.337 e. The van der Waals surface area contributed by atoms with E-state index in [4.69, 9.17) is 0 Å². The average Bonchev–Trinajstić information content (AvgIpc) is 3.03. The average molecular weight is 290 g/mol. The van der Waals surface area contributed by atoms with E-state index in [1.807, 2.05) is 11.8 Å². The van der Waals surface area contributed by atoms with Gasteiger partial charge in [-0.25, -0.2) is 4.39 Å². The first-order chi connectivity index (χ1) is 10.1. The Morgan fingerprint density at radius 1 is 1.19 bits per heavy atom.